The topological polar surface area (TPSA) is 49.4 Å². The first-order valence-electron chi connectivity index (χ1n) is 10.9. The smallest absolute Gasteiger partial charge is 0.248 e. The van der Waals surface area contributed by atoms with Crippen molar-refractivity contribution in [2.45, 2.75) is 25.9 Å². The molecule has 1 aromatic heterocycles. The third-order valence-corrected chi connectivity index (χ3v) is 6.38. The van der Waals surface area contributed by atoms with E-state index in [1.165, 1.54) is 0 Å². The molecule has 166 valence electrons. The van der Waals surface area contributed by atoms with Crippen LogP contribution < -0.4 is 10.2 Å². The zero-order chi connectivity index (χ0) is 23.0. The van der Waals surface area contributed by atoms with Gasteiger partial charge in [0.05, 0.1) is 6.42 Å². The summed E-state index contributed by atoms with van der Waals surface area (Å²) in [5, 5.41) is 5.02. The van der Waals surface area contributed by atoms with Crippen LogP contribution in [-0.2, 0) is 22.6 Å². The lowest BCUT2D eigenvalue weighted by Crippen LogP contribution is -2.44. The summed E-state index contributed by atoms with van der Waals surface area (Å²) in [6.07, 6.45) is 0.237. The van der Waals surface area contributed by atoms with E-state index >= 15 is 0 Å². The molecular weight excluding hydrogens is 428 g/mol. The molecule has 2 amide bonds. The lowest BCUT2D eigenvalue weighted by molar-refractivity contribution is -0.126. The minimum atomic E-state index is -0.787. The number of thiophene rings is 1. The van der Waals surface area contributed by atoms with Crippen LogP contribution in [0.4, 0.5) is 5.69 Å². The summed E-state index contributed by atoms with van der Waals surface area (Å²) in [6, 6.07) is 30.1. The SMILES string of the molecule is Cc1ccccc1[C@@H](C(=O)NCc1ccccc1)N(C(=O)Cc1cccs1)c1ccccc1. The number of carbonyl (C=O) groups excluding carboxylic acids is 2. The highest BCUT2D eigenvalue weighted by molar-refractivity contribution is 7.10. The summed E-state index contributed by atoms with van der Waals surface area (Å²) in [5.74, 6) is -0.330. The first-order valence-corrected chi connectivity index (χ1v) is 11.8. The number of hydrogen-bond acceptors (Lipinski definition) is 3. The van der Waals surface area contributed by atoms with E-state index in [9.17, 15) is 9.59 Å². The Hall–Kier alpha value is -3.70. The number of nitrogens with one attached hydrogen (secondary N) is 1. The van der Waals surface area contributed by atoms with Crippen LogP contribution in [0.1, 0.15) is 27.6 Å². The maximum Gasteiger partial charge on any atom is 0.248 e. The highest BCUT2D eigenvalue weighted by Crippen LogP contribution is 2.31. The highest BCUT2D eigenvalue weighted by atomic mass is 32.1. The van der Waals surface area contributed by atoms with Gasteiger partial charge < -0.3 is 5.32 Å². The molecule has 0 saturated carbocycles. The number of nitrogens with zero attached hydrogens (tertiary/aromatic N) is 1. The van der Waals surface area contributed by atoms with E-state index in [4.69, 9.17) is 0 Å². The minimum Gasteiger partial charge on any atom is -0.350 e. The fourth-order valence-electron chi connectivity index (χ4n) is 3.85. The third-order valence-electron chi connectivity index (χ3n) is 5.51. The average Bonchev–Trinajstić information content (AvgIpc) is 3.36. The van der Waals surface area contributed by atoms with Crippen molar-refractivity contribution in [2.75, 3.05) is 4.90 Å². The summed E-state index contributed by atoms with van der Waals surface area (Å²) >= 11 is 1.54. The van der Waals surface area contributed by atoms with Crippen molar-refractivity contribution in [3.8, 4) is 0 Å². The molecule has 0 radical (unpaired) electrons. The number of rotatable bonds is 8. The summed E-state index contributed by atoms with van der Waals surface area (Å²) in [6.45, 7) is 2.36. The fourth-order valence-corrected chi connectivity index (χ4v) is 4.54. The van der Waals surface area contributed by atoms with Crippen LogP contribution in [0.15, 0.2) is 102 Å². The lowest BCUT2D eigenvalue weighted by Gasteiger charge is -2.32. The predicted molar refractivity (Wildman–Crippen MR) is 134 cm³/mol. The monoisotopic (exact) mass is 454 g/mol. The second-order valence-corrected chi connectivity index (χ2v) is 8.85. The Balaban J connectivity index is 1.73. The fraction of sp³-hybridized carbons (Fsp3) is 0.143. The molecule has 0 fully saturated rings. The van der Waals surface area contributed by atoms with Crippen LogP contribution in [0, 0.1) is 6.92 Å². The van der Waals surface area contributed by atoms with Crippen LogP contribution in [0.25, 0.3) is 0 Å². The molecule has 0 aliphatic rings. The van der Waals surface area contributed by atoms with Gasteiger partial charge in [0.25, 0.3) is 0 Å². The van der Waals surface area contributed by atoms with E-state index in [-0.39, 0.29) is 18.2 Å². The summed E-state index contributed by atoms with van der Waals surface area (Å²) < 4.78 is 0. The molecule has 0 unspecified atom stereocenters. The Kier molecular flexibility index (Phi) is 7.33. The average molecular weight is 455 g/mol. The van der Waals surface area contributed by atoms with Crippen molar-refractivity contribution in [2.24, 2.45) is 0 Å². The molecule has 3 aromatic carbocycles. The molecule has 1 N–H and O–H groups in total. The largest absolute Gasteiger partial charge is 0.350 e. The normalized spacial score (nSPS) is 11.5. The van der Waals surface area contributed by atoms with Crippen molar-refractivity contribution in [3.05, 3.63) is 124 Å². The van der Waals surface area contributed by atoms with Crippen molar-refractivity contribution >= 4 is 28.8 Å². The Morgan fingerprint density at radius 2 is 1.52 bits per heavy atom. The molecule has 0 spiro atoms. The standard InChI is InChI=1S/C28H26N2O2S/c1-21-11-8-9-17-25(21)27(28(32)29-20-22-12-4-2-5-13-22)30(23-14-6-3-7-15-23)26(31)19-24-16-10-18-33-24/h2-18,27H,19-20H2,1H3,(H,29,32)/t27-/m0/s1. The van der Waals surface area contributed by atoms with Crippen LogP contribution in [0.2, 0.25) is 0 Å². The number of benzene rings is 3. The molecule has 4 aromatic rings. The Morgan fingerprint density at radius 3 is 2.18 bits per heavy atom. The van der Waals surface area contributed by atoms with Crippen molar-refractivity contribution < 1.29 is 9.59 Å². The molecule has 4 nitrogen and oxygen atoms in total. The number of aryl methyl sites for hydroxylation is 1. The van der Waals surface area contributed by atoms with E-state index < -0.39 is 6.04 Å². The van der Waals surface area contributed by atoms with Crippen LogP contribution in [0.5, 0.6) is 0 Å². The van der Waals surface area contributed by atoms with Gasteiger partial charge in [0, 0.05) is 17.1 Å². The highest BCUT2D eigenvalue weighted by Gasteiger charge is 2.33. The quantitative estimate of drug-likeness (QED) is 0.372. The molecule has 0 bridgehead atoms. The molecule has 1 atom stereocenters. The number of amides is 2. The molecule has 5 heteroatoms. The lowest BCUT2D eigenvalue weighted by atomic mass is 9.97. The molecule has 4 rings (SSSR count). The van der Waals surface area contributed by atoms with E-state index in [2.05, 4.69) is 5.32 Å². The van der Waals surface area contributed by atoms with Gasteiger partial charge in [-0.05, 0) is 47.2 Å². The van der Waals surface area contributed by atoms with Crippen LogP contribution >= 0.6 is 11.3 Å². The molecule has 0 saturated heterocycles. The molecule has 0 aliphatic carbocycles. The Morgan fingerprint density at radius 1 is 0.848 bits per heavy atom. The first-order chi connectivity index (χ1) is 16.1. The van der Waals surface area contributed by atoms with Gasteiger partial charge >= 0.3 is 0 Å². The maximum absolute atomic E-state index is 13.7. The summed E-state index contributed by atoms with van der Waals surface area (Å²) in [5.41, 5.74) is 3.47. The number of hydrogen-bond donors (Lipinski definition) is 1. The van der Waals surface area contributed by atoms with E-state index in [1.54, 1.807) is 16.2 Å². The zero-order valence-electron chi connectivity index (χ0n) is 18.5. The van der Waals surface area contributed by atoms with Crippen LogP contribution in [0.3, 0.4) is 0 Å². The molecule has 1 heterocycles. The van der Waals surface area contributed by atoms with Crippen molar-refractivity contribution in [1.82, 2.24) is 5.32 Å². The minimum absolute atomic E-state index is 0.119. The summed E-state index contributed by atoms with van der Waals surface area (Å²) in [4.78, 5) is 30.0. The van der Waals surface area contributed by atoms with Crippen molar-refractivity contribution in [1.29, 1.82) is 0 Å². The number of para-hydroxylation sites is 1. The Bertz CT molecular complexity index is 1190. The second-order valence-electron chi connectivity index (χ2n) is 7.82. The molecular formula is C28H26N2O2S. The summed E-state index contributed by atoms with van der Waals surface area (Å²) in [7, 11) is 0. The van der Waals surface area contributed by atoms with Gasteiger partial charge in [0.2, 0.25) is 11.8 Å². The van der Waals surface area contributed by atoms with Gasteiger partial charge in [0.1, 0.15) is 6.04 Å². The number of carbonyl (C=O) groups is 2. The molecule has 0 aliphatic heterocycles. The zero-order valence-corrected chi connectivity index (χ0v) is 19.3. The predicted octanol–water partition coefficient (Wildman–Crippen LogP) is 5.69. The van der Waals surface area contributed by atoms with E-state index in [0.29, 0.717) is 12.2 Å². The van der Waals surface area contributed by atoms with E-state index in [0.717, 1.165) is 21.6 Å². The molecule has 33 heavy (non-hydrogen) atoms. The third kappa shape index (κ3) is 5.57. The van der Waals surface area contributed by atoms with Gasteiger partial charge in [-0.25, -0.2) is 0 Å². The second kappa shape index (κ2) is 10.7. The van der Waals surface area contributed by atoms with Gasteiger partial charge in [-0.3, -0.25) is 14.5 Å². The Labute approximate surface area is 198 Å². The maximum atomic E-state index is 13.7. The van der Waals surface area contributed by atoms with Crippen LogP contribution in [-0.4, -0.2) is 11.8 Å². The van der Waals surface area contributed by atoms with Gasteiger partial charge in [-0.15, -0.1) is 11.3 Å². The van der Waals surface area contributed by atoms with Crippen molar-refractivity contribution in [3.63, 3.8) is 0 Å². The van der Waals surface area contributed by atoms with Gasteiger partial charge in [0.15, 0.2) is 0 Å². The number of anilines is 1. The van der Waals surface area contributed by atoms with E-state index in [1.807, 2.05) is 109 Å². The first kappa shape index (κ1) is 22.5. The van der Waals surface area contributed by atoms with Gasteiger partial charge in [-0.1, -0.05) is 78.9 Å². The van der Waals surface area contributed by atoms with Gasteiger partial charge in [-0.2, -0.15) is 0 Å².